The highest BCUT2D eigenvalue weighted by Crippen LogP contribution is 2.32. The van der Waals surface area contributed by atoms with E-state index in [1.165, 1.54) is 12.1 Å². The van der Waals surface area contributed by atoms with Crippen LogP contribution in [-0.2, 0) is 0 Å². The summed E-state index contributed by atoms with van der Waals surface area (Å²) in [6, 6.07) is 8.35. The minimum Gasteiger partial charge on any atom is -0.370 e. The van der Waals surface area contributed by atoms with Crippen LogP contribution in [0.2, 0.25) is 5.02 Å². The molecule has 3 heteroatoms. The Morgan fingerprint density at radius 2 is 2.05 bits per heavy atom. The van der Waals surface area contributed by atoms with Gasteiger partial charge < -0.3 is 10.6 Å². The number of nitrogens with zero attached hydrogens (tertiary/aromatic N) is 1. The second-order valence-corrected chi connectivity index (χ2v) is 7.45. The van der Waals surface area contributed by atoms with Crippen molar-refractivity contribution in [3.8, 4) is 0 Å². The van der Waals surface area contributed by atoms with Crippen LogP contribution in [-0.4, -0.2) is 19.1 Å². The zero-order chi connectivity index (χ0) is 14.0. The maximum atomic E-state index is 6.24. The number of hydrogen-bond donors (Lipinski definition) is 1. The summed E-state index contributed by atoms with van der Waals surface area (Å²) in [7, 11) is 0. The lowest BCUT2D eigenvalue weighted by Crippen LogP contribution is -2.47. The number of nitrogens with two attached hydrogens (primary N) is 1. The fourth-order valence-corrected chi connectivity index (χ4v) is 3.33. The van der Waals surface area contributed by atoms with Crippen LogP contribution >= 0.6 is 11.6 Å². The summed E-state index contributed by atoms with van der Waals surface area (Å²) in [5, 5.41) is 0.795. The smallest absolute Gasteiger partial charge is 0.0426 e. The van der Waals surface area contributed by atoms with Gasteiger partial charge in [0.15, 0.2) is 0 Å². The minimum atomic E-state index is 0.264. The number of piperidine rings is 1. The molecule has 106 valence electrons. The first kappa shape index (κ1) is 14.7. The maximum Gasteiger partial charge on any atom is 0.0426 e. The standard InChI is InChI=1S/C16H25ClN2/c1-16(2,3)9-12-7-14(18)11-19(10-12)15-6-4-5-13(17)8-15/h4-6,8,12,14H,7,9-11,18H2,1-3H3. The highest BCUT2D eigenvalue weighted by Gasteiger charge is 2.28. The van der Waals surface area contributed by atoms with E-state index in [0.29, 0.717) is 11.3 Å². The van der Waals surface area contributed by atoms with Gasteiger partial charge in [0.25, 0.3) is 0 Å². The van der Waals surface area contributed by atoms with Crippen LogP contribution in [0.1, 0.15) is 33.6 Å². The lowest BCUT2D eigenvalue weighted by atomic mass is 9.80. The number of rotatable bonds is 2. The van der Waals surface area contributed by atoms with Crippen molar-refractivity contribution in [1.29, 1.82) is 0 Å². The zero-order valence-electron chi connectivity index (χ0n) is 12.2. The molecule has 0 aromatic heterocycles. The van der Waals surface area contributed by atoms with Gasteiger partial charge in [-0.3, -0.25) is 0 Å². The van der Waals surface area contributed by atoms with Crippen molar-refractivity contribution in [2.24, 2.45) is 17.1 Å². The molecule has 1 saturated heterocycles. The van der Waals surface area contributed by atoms with E-state index in [9.17, 15) is 0 Å². The van der Waals surface area contributed by atoms with Crippen molar-refractivity contribution in [1.82, 2.24) is 0 Å². The largest absolute Gasteiger partial charge is 0.370 e. The van der Waals surface area contributed by atoms with Gasteiger partial charge in [0, 0.05) is 29.8 Å². The molecule has 0 saturated carbocycles. The van der Waals surface area contributed by atoms with E-state index in [1.807, 2.05) is 18.2 Å². The Bertz CT molecular complexity index is 425. The summed E-state index contributed by atoms with van der Waals surface area (Å²) in [6.07, 6.45) is 2.35. The summed E-state index contributed by atoms with van der Waals surface area (Å²) in [5.74, 6) is 0.669. The monoisotopic (exact) mass is 280 g/mol. The van der Waals surface area contributed by atoms with Crippen molar-refractivity contribution in [2.75, 3.05) is 18.0 Å². The van der Waals surface area contributed by atoms with Crippen LogP contribution in [0.15, 0.2) is 24.3 Å². The number of hydrogen-bond acceptors (Lipinski definition) is 2. The molecule has 2 atom stereocenters. The molecule has 19 heavy (non-hydrogen) atoms. The lowest BCUT2D eigenvalue weighted by molar-refractivity contribution is 0.253. The summed E-state index contributed by atoms with van der Waals surface area (Å²) in [6.45, 7) is 8.93. The second kappa shape index (κ2) is 5.72. The molecule has 1 heterocycles. The Labute approximate surface area is 121 Å². The molecule has 0 spiro atoms. The Balaban J connectivity index is 2.09. The first-order chi connectivity index (χ1) is 8.83. The first-order valence-corrected chi connectivity index (χ1v) is 7.47. The van der Waals surface area contributed by atoms with Crippen LogP contribution in [0, 0.1) is 11.3 Å². The van der Waals surface area contributed by atoms with Crippen LogP contribution in [0.3, 0.4) is 0 Å². The molecule has 2 unspecified atom stereocenters. The van der Waals surface area contributed by atoms with E-state index in [2.05, 4.69) is 31.7 Å². The zero-order valence-corrected chi connectivity index (χ0v) is 13.0. The Morgan fingerprint density at radius 3 is 2.68 bits per heavy atom. The molecule has 2 nitrogen and oxygen atoms in total. The van der Waals surface area contributed by atoms with Gasteiger partial charge in [0.2, 0.25) is 0 Å². The van der Waals surface area contributed by atoms with Crippen molar-refractivity contribution in [3.05, 3.63) is 29.3 Å². The third-order valence-electron chi connectivity index (χ3n) is 3.64. The second-order valence-electron chi connectivity index (χ2n) is 7.01. The Hall–Kier alpha value is -0.730. The SMILES string of the molecule is CC(C)(C)CC1CC(N)CN(c2cccc(Cl)c2)C1. The Kier molecular flexibility index (Phi) is 4.42. The van der Waals surface area contributed by atoms with E-state index >= 15 is 0 Å². The molecule has 1 aromatic rings. The van der Waals surface area contributed by atoms with Gasteiger partial charge in [-0.05, 0) is 42.4 Å². The molecular formula is C16H25ClN2. The van der Waals surface area contributed by atoms with Gasteiger partial charge in [-0.25, -0.2) is 0 Å². The fourth-order valence-electron chi connectivity index (χ4n) is 3.14. The van der Waals surface area contributed by atoms with E-state index in [1.54, 1.807) is 0 Å². The highest BCUT2D eigenvalue weighted by molar-refractivity contribution is 6.30. The average Bonchev–Trinajstić information content (AvgIpc) is 2.25. The summed E-state index contributed by atoms with van der Waals surface area (Å²) >= 11 is 6.09. The topological polar surface area (TPSA) is 29.3 Å². The van der Waals surface area contributed by atoms with Gasteiger partial charge >= 0.3 is 0 Å². The fraction of sp³-hybridized carbons (Fsp3) is 0.625. The highest BCUT2D eigenvalue weighted by atomic mass is 35.5. The maximum absolute atomic E-state index is 6.24. The third-order valence-corrected chi connectivity index (χ3v) is 3.88. The molecule has 1 aliphatic heterocycles. The van der Waals surface area contributed by atoms with Crippen LogP contribution in [0.5, 0.6) is 0 Å². The minimum absolute atomic E-state index is 0.264. The third kappa shape index (κ3) is 4.39. The van der Waals surface area contributed by atoms with Gasteiger partial charge in [0.05, 0.1) is 0 Å². The quantitative estimate of drug-likeness (QED) is 0.889. The van der Waals surface area contributed by atoms with E-state index in [4.69, 9.17) is 17.3 Å². The molecule has 1 aliphatic rings. The lowest BCUT2D eigenvalue weighted by Gasteiger charge is -2.40. The Morgan fingerprint density at radius 1 is 1.32 bits per heavy atom. The summed E-state index contributed by atoms with van der Waals surface area (Å²) in [4.78, 5) is 2.39. The van der Waals surface area contributed by atoms with Gasteiger partial charge in [-0.2, -0.15) is 0 Å². The molecule has 0 bridgehead atoms. The van der Waals surface area contributed by atoms with Crippen LogP contribution in [0.4, 0.5) is 5.69 Å². The average molecular weight is 281 g/mol. The van der Waals surface area contributed by atoms with Gasteiger partial charge in [-0.15, -0.1) is 0 Å². The predicted molar refractivity (Wildman–Crippen MR) is 83.8 cm³/mol. The first-order valence-electron chi connectivity index (χ1n) is 7.09. The van der Waals surface area contributed by atoms with E-state index < -0.39 is 0 Å². The molecule has 0 radical (unpaired) electrons. The van der Waals surface area contributed by atoms with Crippen LogP contribution in [0.25, 0.3) is 0 Å². The van der Waals surface area contributed by atoms with E-state index in [0.717, 1.165) is 24.5 Å². The normalized spacial score (nSPS) is 24.6. The number of halogens is 1. The molecular weight excluding hydrogens is 256 g/mol. The summed E-state index contributed by atoms with van der Waals surface area (Å²) in [5.41, 5.74) is 7.79. The molecule has 2 rings (SSSR count). The van der Waals surface area contributed by atoms with Crippen molar-refractivity contribution in [2.45, 2.75) is 39.7 Å². The molecule has 0 aliphatic carbocycles. The van der Waals surface area contributed by atoms with Crippen LogP contribution < -0.4 is 10.6 Å². The molecule has 0 amide bonds. The molecule has 2 N–H and O–H groups in total. The number of benzene rings is 1. The molecule has 1 aromatic carbocycles. The predicted octanol–water partition coefficient (Wildman–Crippen LogP) is 3.93. The van der Waals surface area contributed by atoms with Gasteiger partial charge in [-0.1, -0.05) is 38.4 Å². The van der Waals surface area contributed by atoms with Crippen molar-refractivity contribution in [3.63, 3.8) is 0 Å². The van der Waals surface area contributed by atoms with E-state index in [-0.39, 0.29) is 6.04 Å². The summed E-state index contributed by atoms with van der Waals surface area (Å²) < 4.78 is 0. The van der Waals surface area contributed by atoms with Crippen molar-refractivity contribution >= 4 is 17.3 Å². The number of anilines is 1. The van der Waals surface area contributed by atoms with Crippen molar-refractivity contribution < 1.29 is 0 Å². The van der Waals surface area contributed by atoms with Gasteiger partial charge in [0.1, 0.15) is 0 Å². The molecule has 1 fully saturated rings.